The van der Waals surface area contributed by atoms with Crippen LogP contribution in [0, 0.1) is 12.5 Å². The summed E-state index contributed by atoms with van der Waals surface area (Å²) < 4.78 is 0. The lowest BCUT2D eigenvalue weighted by atomic mass is 10.3. The summed E-state index contributed by atoms with van der Waals surface area (Å²) in [6.07, 6.45) is 6.88. The Kier molecular flexibility index (Phi) is 3.83. The molecule has 1 amide bonds. The van der Waals surface area contributed by atoms with Crippen LogP contribution in [0.4, 0.5) is 5.82 Å². The number of hydrogen-bond donors (Lipinski definition) is 1. The van der Waals surface area contributed by atoms with Gasteiger partial charge in [-0.2, -0.15) is 0 Å². The van der Waals surface area contributed by atoms with Crippen molar-refractivity contribution < 1.29 is 4.79 Å². The summed E-state index contributed by atoms with van der Waals surface area (Å²) in [6, 6.07) is 7.23. The van der Waals surface area contributed by atoms with E-state index in [-0.39, 0.29) is 11.9 Å². The SMILES string of the molecule is C#CN(C(=O)C(C)NC)c1ccccn1. The number of amides is 1. The summed E-state index contributed by atoms with van der Waals surface area (Å²) in [7, 11) is 1.70. The molecule has 4 nitrogen and oxygen atoms in total. The monoisotopic (exact) mass is 203 g/mol. The Morgan fingerprint density at radius 1 is 1.67 bits per heavy atom. The van der Waals surface area contributed by atoms with Crippen molar-refractivity contribution in [3.63, 3.8) is 0 Å². The average molecular weight is 203 g/mol. The van der Waals surface area contributed by atoms with Gasteiger partial charge in [0.2, 0.25) is 0 Å². The van der Waals surface area contributed by atoms with Crippen molar-refractivity contribution in [2.24, 2.45) is 0 Å². The van der Waals surface area contributed by atoms with Crippen LogP contribution < -0.4 is 10.2 Å². The maximum absolute atomic E-state index is 11.8. The van der Waals surface area contributed by atoms with Crippen molar-refractivity contribution in [1.82, 2.24) is 10.3 Å². The van der Waals surface area contributed by atoms with E-state index in [2.05, 4.69) is 16.3 Å². The Morgan fingerprint density at radius 3 is 2.87 bits per heavy atom. The minimum Gasteiger partial charge on any atom is -0.309 e. The molecule has 0 aliphatic carbocycles. The van der Waals surface area contributed by atoms with Crippen molar-refractivity contribution in [1.29, 1.82) is 0 Å². The molecule has 0 radical (unpaired) electrons. The van der Waals surface area contributed by atoms with Gasteiger partial charge in [-0.15, -0.1) is 0 Å². The number of rotatable bonds is 3. The second-order valence-electron chi connectivity index (χ2n) is 3.00. The molecule has 0 bridgehead atoms. The number of pyridine rings is 1. The molecule has 15 heavy (non-hydrogen) atoms. The number of likely N-dealkylation sites (N-methyl/N-ethyl adjacent to an activating group) is 1. The predicted octanol–water partition coefficient (Wildman–Crippen LogP) is 0.613. The number of carbonyl (C=O) groups excluding carboxylic acids is 1. The minimum absolute atomic E-state index is 0.196. The van der Waals surface area contributed by atoms with Gasteiger partial charge < -0.3 is 5.32 Å². The number of hydrogen-bond acceptors (Lipinski definition) is 3. The second-order valence-corrected chi connectivity index (χ2v) is 3.00. The van der Waals surface area contributed by atoms with Gasteiger partial charge in [0.25, 0.3) is 5.91 Å². The first kappa shape index (κ1) is 11.2. The lowest BCUT2D eigenvalue weighted by molar-refractivity contribution is -0.119. The van der Waals surface area contributed by atoms with E-state index < -0.39 is 0 Å². The molecule has 1 rings (SSSR count). The Bertz CT molecular complexity index is 369. The standard InChI is InChI=1S/C11H13N3O/c1-4-14(11(15)9(2)12-3)10-7-5-6-8-13-10/h1,5-9,12H,2-3H3. The number of nitrogens with one attached hydrogen (secondary N) is 1. The summed E-state index contributed by atoms with van der Waals surface area (Å²) in [5.74, 6) is 0.269. The van der Waals surface area contributed by atoms with E-state index in [4.69, 9.17) is 6.42 Å². The molecule has 0 aromatic carbocycles. The second kappa shape index (κ2) is 5.13. The zero-order valence-electron chi connectivity index (χ0n) is 8.77. The van der Waals surface area contributed by atoms with Crippen LogP contribution in [0.5, 0.6) is 0 Å². The topological polar surface area (TPSA) is 45.2 Å². The molecule has 1 aromatic rings. The molecule has 0 saturated heterocycles. The summed E-state index contributed by atoms with van der Waals surface area (Å²) in [4.78, 5) is 17.0. The van der Waals surface area contributed by atoms with E-state index in [1.54, 1.807) is 38.4 Å². The van der Waals surface area contributed by atoms with Gasteiger partial charge in [-0.3, -0.25) is 4.79 Å². The van der Waals surface area contributed by atoms with E-state index in [9.17, 15) is 4.79 Å². The number of nitrogens with zero attached hydrogens (tertiary/aromatic N) is 2. The third kappa shape index (κ3) is 2.55. The van der Waals surface area contributed by atoms with E-state index in [0.717, 1.165) is 0 Å². The van der Waals surface area contributed by atoms with Crippen LogP contribution in [-0.2, 0) is 4.79 Å². The molecule has 0 aliphatic heterocycles. The Labute approximate surface area is 89.3 Å². The molecule has 1 N–H and O–H groups in total. The maximum Gasteiger partial charge on any atom is 0.256 e. The van der Waals surface area contributed by atoms with Gasteiger partial charge in [0.1, 0.15) is 5.82 Å². The van der Waals surface area contributed by atoms with Crippen molar-refractivity contribution in [2.45, 2.75) is 13.0 Å². The molecule has 1 atom stereocenters. The van der Waals surface area contributed by atoms with Crippen LogP contribution in [0.15, 0.2) is 24.4 Å². The van der Waals surface area contributed by atoms with Crippen LogP contribution in [-0.4, -0.2) is 24.0 Å². The van der Waals surface area contributed by atoms with Crippen LogP contribution >= 0.6 is 0 Å². The zero-order valence-corrected chi connectivity index (χ0v) is 8.77. The summed E-state index contributed by atoms with van der Waals surface area (Å²) >= 11 is 0. The van der Waals surface area contributed by atoms with Gasteiger partial charge >= 0.3 is 0 Å². The lowest BCUT2D eigenvalue weighted by Gasteiger charge is -2.18. The molecule has 0 aliphatic rings. The molecule has 4 heteroatoms. The van der Waals surface area contributed by atoms with Crippen molar-refractivity contribution >= 4 is 11.7 Å². The normalized spacial score (nSPS) is 11.5. The van der Waals surface area contributed by atoms with E-state index in [0.29, 0.717) is 5.82 Å². The van der Waals surface area contributed by atoms with Gasteiger partial charge in [-0.1, -0.05) is 12.5 Å². The first-order valence-electron chi connectivity index (χ1n) is 4.59. The average Bonchev–Trinajstić information content (AvgIpc) is 2.30. The van der Waals surface area contributed by atoms with Crippen LogP contribution in [0.1, 0.15) is 6.92 Å². The van der Waals surface area contributed by atoms with Crippen molar-refractivity contribution in [3.8, 4) is 12.5 Å². The molecule has 1 aromatic heterocycles. The van der Waals surface area contributed by atoms with Crippen LogP contribution in [0.25, 0.3) is 0 Å². The maximum atomic E-state index is 11.8. The third-order valence-corrected chi connectivity index (χ3v) is 2.03. The fourth-order valence-electron chi connectivity index (χ4n) is 1.05. The molecule has 1 unspecified atom stereocenters. The predicted molar refractivity (Wildman–Crippen MR) is 59.1 cm³/mol. The number of anilines is 1. The van der Waals surface area contributed by atoms with Gasteiger partial charge in [0.15, 0.2) is 0 Å². The molecular weight excluding hydrogens is 190 g/mol. The van der Waals surface area contributed by atoms with Gasteiger partial charge in [-0.25, -0.2) is 9.88 Å². The van der Waals surface area contributed by atoms with Crippen LogP contribution in [0.3, 0.4) is 0 Å². The first-order chi connectivity index (χ1) is 7.20. The fraction of sp³-hybridized carbons (Fsp3) is 0.273. The Morgan fingerprint density at radius 2 is 2.40 bits per heavy atom. The molecule has 0 saturated carbocycles. The van der Waals surface area contributed by atoms with E-state index >= 15 is 0 Å². The summed E-state index contributed by atoms with van der Waals surface area (Å²) in [5.41, 5.74) is 0. The molecular formula is C11H13N3O. The minimum atomic E-state index is -0.331. The molecule has 0 spiro atoms. The molecule has 78 valence electrons. The van der Waals surface area contributed by atoms with Gasteiger partial charge in [-0.05, 0) is 26.1 Å². The van der Waals surface area contributed by atoms with Crippen molar-refractivity contribution in [3.05, 3.63) is 24.4 Å². The number of carbonyl (C=O) groups is 1. The first-order valence-corrected chi connectivity index (χ1v) is 4.59. The van der Waals surface area contributed by atoms with Crippen molar-refractivity contribution in [2.75, 3.05) is 11.9 Å². The third-order valence-electron chi connectivity index (χ3n) is 2.03. The highest BCUT2D eigenvalue weighted by Crippen LogP contribution is 2.09. The Balaban J connectivity index is 2.92. The summed E-state index contributed by atoms with van der Waals surface area (Å²) in [6.45, 7) is 1.75. The Hall–Kier alpha value is -1.86. The zero-order chi connectivity index (χ0) is 11.3. The largest absolute Gasteiger partial charge is 0.309 e. The molecule has 1 heterocycles. The quantitative estimate of drug-likeness (QED) is 0.578. The van der Waals surface area contributed by atoms with E-state index in [1.807, 2.05) is 0 Å². The highest BCUT2D eigenvalue weighted by atomic mass is 16.2. The number of terminal acetylenes is 1. The smallest absolute Gasteiger partial charge is 0.256 e. The van der Waals surface area contributed by atoms with E-state index in [1.165, 1.54) is 4.90 Å². The molecule has 0 fully saturated rings. The van der Waals surface area contributed by atoms with Gasteiger partial charge in [0, 0.05) is 12.2 Å². The lowest BCUT2D eigenvalue weighted by Crippen LogP contribution is -2.41. The number of aromatic nitrogens is 1. The highest BCUT2D eigenvalue weighted by molar-refractivity contribution is 5.98. The fourth-order valence-corrected chi connectivity index (χ4v) is 1.05. The summed E-state index contributed by atoms with van der Waals surface area (Å²) in [5, 5.41) is 2.83. The highest BCUT2D eigenvalue weighted by Gasteiger charge is 2.19. The van der Waals surface area contributed by atoms with Crippen LogP contribution in [0.2, 0.25) is 0 Å². The van der Waals surface area contributed by atoms with Gasteiger partial charge in [0.05, 0.1) is 6.04 Å².